The van der Waals surface area contributed by atoms with Gasteiger partial charge in [0.2, 0.25) is 0 Å². The first-order chi connectivity index (χ1) is 10.7. The highest BCUT2D eigenvalue weighted by atomic mass is 16.5. The Balaban J connectivity index is 1.52. The number of rotatable bonds is 5. The predicted molar refractivity (Wildman–Crippen MR) is 84.2 cm³/mol. The van der Waals surface area contributed by atoms with Crippen LogP contribution in [0.4, 0.5) is 0 Å². The highest BCUT2D eigenvalue weighted by molar-refractivity contribution is 5.80. The Hall–Kier alpha value is -2.49. The lowest BCUT2D eigenvalue weighted by Crippen LogP contribution is -2.38. The average molecular weight is 297 g/mol. The lowest BCUT2D eigenvalue weighted by atomic mass is 10.0. The number of fused-ring (bicyclic) bond motifs is 1. The molecule has 2 atom stereocenters. The van der Waals surface area contributed by atoms with Gasteiger partial charge in [-0.25, -0.2) is 0 Å². The van der Waals surface area contributed by atoms with Crippen LogP contribution in [0.5, 0.6) is 11.5 Å². The van der Waals surface area contributed by atoms with Crippen molar-refractivity contribution in [3.05, 3.63) is 60.2 Å². The van der Waals surface area contributed by atoms with Crippen molar-refractivity contribution in [1.82, 2.24) is 5.32 Å². The second-order valence-corrected chi connectivity index (χ2v) is 5.36. The summed E-state index contributed by atoms with van der Waals surface area (Å²) in [5.41, 5.74) is 1.15. The first kappa shape index (κ1) is 14.4. The van der Waals surface area contributed by atoms with Crippen LogP contribution in [0.1, 0.15) is 18.4 Å². The van der Waals surface area contributed by atoms with Crippen LogP contribution in [-0.4, -0.2) is 25.2 Å². The maximum atomic E-state index is 12.1. The summed E-state index contributed by atoms with van der Waals surface area (Å²) in [6, 6.07) is 17.3. The molecule has 1 heterocycles. The molecule has 1 aliphatic heterocycles. The summed E-state index contributed by atoms with van der Waals surface area (Å²) in [6.07, 6.45) is -0.528. The summed E-state index contributed by atoms with van der Waals surface area (Å²) in [4.78, 5) is 12.1. The number of carbonyl (C=O) groups excluding carboxylic acids is 1. The SMILES string of the molecule is CC(Oc1ccccc1)C(=O)NCC1COc2ccccc21. The second kappa shape index (κ2) is 6.52. The zero-order valence-electron chi connectivity index (χ0n) is 12.5. The van der Waals surface area contributed by atoms with E-state index in [0.717, 1.165) is 11.3 Å². The summed E-state index contributed by atoms with van der Waals surface area (Å²) in [5, 5.41) is 2.94. The molecule has 3 rings (SSSR count). The molecular formula is C18H19NO3. The molecule has 114 valence electrons. The number of amides is 1. The van der Waals surface area contributed by atoms with E-state index in [-0.39, 0.29) is 11.8 Å². The number of para-hydroxylation sites is 2. The Morgan fingerprint density at radius 1 is 1.23 bits per heavy atom. The van der Waals surface area contributed by atoms with Crippen LogP contribution in [0.25, 0.3) is 0 Å². The van der Waals surface area contributed by atoms with Gasteiger partial charge in [-0.3, -0.25) is 4.79 Å². The van der Waals surface area contributed by atoms with Gasteiger partial charge >= 0.3 is 0 Å². The number of ether oxygens (including phenoxy) is 2. The van der Waals surface area contributed by atoms with E-state index in [0.29, 0.717) is 18.9 Å². The number of nitrogens with one attached hydrogen (secondary N) is 1. The van der Waals surface area contributed by atoms with Crippen LogP contribution in [0.3, 0.4) is 0 Å². The molecule has 2 aromatic rings. The fourth-order valence-corrected chi connectivity index (χ4v) is 2.52. The van der Waals surface area contributed by atoms with Gasteiger partial charge in [0.15, 0.2) is 6.10 Å². The van der Waals surface area contributed by atoms with Gasteiger partial charge in [-0.05, 0) is 25.1 Å². The molecule has 0 spiro atoms. The van der Waals surface area contributed by atoms with E-state index in [4.69, 9.17) is 9.47 Å². The molecule has 0 bridgehead atoms. The minimum atomic E-state index is -0.528. The van der Waals surface area contributed by atoms with Crippen molar-refractivity contribution in [2.75, 3.05) is 13.2 Å². The van der Waals surface area contributed by atoms with Gasteiger partial charge in [0.05, 0.1) is 6.61 Å². The van der Waals surface area contributed by atoms with E-state index in [1.807, 2.05) is 54.6 Å². The zero-order valence-corrected chi connectivity index (χ0v) is 12.5. The zero-order chi connectivity index (χ0) is 15.4. The van der Waals surface area contributed by atoms with Gasteiger partial charge in [0, 0.05) is 18.0 Å². The fourth-order valence-electron chi connectivity index (χ4n) is 2.52. The van der Waals surface area contributed by atoms with E-state index < -0.39 is 6.10 Å². The Morgan fingerprint density at radius 3 is 2.77 bits per heavy atom. The van der Waals surface area contributed by atoms with Gasteiger partial charge in [-0.15, -0.1) is 0 Å². The van der Waals surface area contributed by atoms with Crippen LogP contribution in [0.2, 0.25) is 0 Å². The summed E-state index contributed by atoms with van der Waals surface area (Å²) in [5.74, 6) is 1.69. The maximum Gasteiger partial charge on any atom is 0.260 e. The molecule has 0 aliphatic carbocycles. The van der Waals surface area contributed by atoms with Crippen LogP contribution in [0, 0.1) is 0 Å². The Labute approximate surface area is 130 Å². The molecule has 1 amide bonds. The molecule has 0 saturated carbocycles. The monoisotopic (exact) mass is 297 g/mol. The number of hydrogen-bond acceptors (Lipinski definition) is 3. The lowest BCUT2D eigenvalue weighted by molar-refractivity contribution is -0.127. The van der Waals surface area contributed by atoms with E-state index in [2.05, 4.69) is 5.32 Å². The lowest BCUT2D eigenvalue weighted by Gasteiger charge is -2.16. The average Bonchev–Trinajstić information content (AvgIpc) is 2.97. The highest BCUT2D eigenvalue weighted by Crippen LogP contribution is 2.32. The summed E-state index contributed by atoms with van der Waals surface area (Å²) < 4.78 is 11.2. The Bertz CT molecular complexity index is 642. The normalized spacial score (nSPS) is 17.2. The molecule has 0 fully saturated rings. The molecule has 1 N–H and O–H groups in total. The Morgan fingerprint density at radius 2 is 1.95 bits per heavy atom. The van der Waals surface area contributed by atoms with Crippen molar-refractivity contribution < 1.29 is 14.3 Å². The van der Waals surface area contributed by atoms with Crippen LogP contribution < -0.4 is 14.8 Å². The third-order valence-corrected chi connectivity index (χ3v) is 3.75. The van der Waals surface area contributed by atoms with E-state index in [9.17, 15) is 4.79 Å². The van der Waals surface area contributed by atoms with Crippen molar-refractivity contribution >= 4 is 5.91 Å². The van der Waals surface area contributed by atoms with Crippen molar-refractivity contribution in [2.45, 2.75) is 18.9 Å². The quantitative estimate of drug-likeness (QED) is 0.923. The first-order valence-electron chi connectivity index (χ1n) is 7.45. The summed E-state index contributed by atoms with van der Waals surface area (Å²) in [6.45, 7) is 2.91. The number of hydrogen-bond donors (Lipinski definition) is 1. The van der Waals surface area contributed by atoms with E-state index >= 15 is 0 Å². The maximum absolute atomic E-state index is 12.1. The fraction of sp³-hybridized carbons (Fsp3) is 0.278. The number of carbonyl (C=O) groups is 1. The van der Waals surface area contributed by atoms with Gasteiger partial charge in [0.1, 0.15) is 11.5 Å². The third kappa shape index (κ3) is 3.22. The van der Waals surface area contributed by atoms with Crippen LogP contribution in [0.15, 0.2) is 54.6 Å². The molecule has 0 saturated heterocycles. The van der Waals surface area contributed by atoms with Gasteiger partial charge in [0.25, 0.3) is 5.91 Å². The molecule has 4 heteroatoms. The summed E-state index contributed by atoms with van der Waals surface area (Å²) >= 11 is 0. The van der Waals surface area contributed by atoms with Gasteiger partial charge < -0.3 is 14.8 Å². The largest absolute Gasteiger partial charge is 0.493 e. The van der Waals surface area contributed by atoms with Crippen LogP contribution >= 0.6 is 0 Å². The smallest absolute Gasteiger partial charge is 0.260 e. The number of benzene rings is 2. The van der Waals surface area contributed by atoms with Crippen molar-refractivity contribution in [1.29, 1.82) is 0 Å². The van der Waals surface area contributed by atoms with Crippen molar-refractivity contribution in [3.8, 4) is 11.5 Å². The highest BCUT2D eigenvalue weighted by Gasteiger charge is 2.25. The molecule has 2 aromatic carbocycles. The Kier molecular flexibility index (Phi) is 4.28. The molecule has 0 radical (unpaired) electrons. The van der Waals surface area contributed by atoms with Crippen LogP contribution in [-0.2, 0) is 4.79 Å². The molecular weight excluding hydrogens is 278 g/mol. The first-order valence-corrected chi connectivity index (χ1v) is 7.45. The molecule has 22 heavy (non-hydrogen) atoms. The van der Waals surface area contributed by atoms with Crippen molar-refractivity contribution in [3.63, 3.8) is 0 Å². The van der Waals surface area contributed by atoms with E-state index in [1.54, 1.807) is 6.92 Å². The topological polar surface area (TPSA) is 47.6 Å². The molecule has 2 unspecified atom stereocenters. The van der Waals surface area contributed by atoms with Gasteiger partial charge in [-0.2, -0.15) is 0 Å². The van der Waals surface area contributed by atoms with E-state index in [1.165, 1.54) is 0 Å². The molecule has 1 aliphatic rings. The molecule has 4 nitrogen and oxygen atoms in total. The summed E-state index contributed by atoms with van der Waals surface area (Å²) in [7, 11) is 0. The minimum absolute atomic E-state index is 0.117. The van der Waals surface area contributed by atoms with Gasteiger partial charge in [-0.1, -0.05) is 36.4 Å². The minimum Gasteiger partial charge on any atom is -0.493 e. The predicted octanol–water partition coefficient (Wildman–Crippen LogP) is 2.75. The third-order valence-electron chi connectivity index (χ3n) is 3.75. The van der Waals surface area contributed by atoms with Crippen molar-refractivity contribution in [2.24, 2.45) is 0 Å². The standard InChI is InChI=1S/C18H19NO3/c1-13(22-15-7-3-2-4-8-15)18(20)19-11-14-12-21-17-10-6-5-9-16(14)17/h2-10,13-14H,11-12H2,1H3,(H,19,20). The molecule has 0 aromatic heterocycles. The second-order valence-electron chi connectivity index (χ2n) is 5.36.